The van der Waals surface area contributed by atoms with Gasteiger partial charge in [0.25, 0.3) is 0 Å². The molecule has 0 spiro atoms. The number of benzene rings is 1. The standard InChI is InChI=1S/C32H54NO4.ClH/c1-5-6-7-8-9-10-11-12-13-14-15-16-17-18-22-25-31(34)37-30(27-33(2,3)4)26-32(35)36-28-29-23-20-19-21-24-29;/h12-13,19-21,23-24,30H,5-11,14-18,22,25-28H2,1-4H3;1H/q+1;/p-1/b13-12-;/t30-;/m1./s1. The topological polar surface area (TPSA) is 52.6 Å². The summed E-state index contributed by atoms with van der Waals surface area (Å²) in [6.45, 7) is 3.06. The third-order valence-electron chi connectivity index (χ3n) is 6.33. The van der Waals surface area contributed by atoms with Gasteiger partial charge in [0.1, 0.15) is 13.2 Å². The quantitative estimate of drug-likeness (QED) is 0.0900. The molecule has 0 aromatic heterocycles. The fraction of sp³-hybridized carbons (Fsp3) is 0.688. The SMILES string of the molecule is CCCCCCCC/C=C\CCCCCCCC(=O)O[C@H](CC(=O)OCc1ccccc1)C[N+](C)(C)C.[Cl-]. The van der Waals surface area contributed by atoms with Gasteiger partial charge in [-0.3, -0.25) is 9.59 Å². The maximum absolute atomic E-state index is 12.4. The van der Waals surface area contributed by atoms with Crippen LogP contribution in [0.15, 0.2) is 42.5 Å². The molecule has 0 heterocycles. The van der Waals surface area contributed by atoms with Crippen molar-refractivity contribution in [2.45, 2.75) is 116 Å². The van der Waals surface area contributed by atoms with E-state index in [0.29, 0.717) is 17.4 Å². The molecule has 1 aromatic rings. The molecule has 38 heavy (non-hydrogen) atoms. The molecule has 0 fully saturated rings. The normalized spacial score (nSPS) is 12.2. The Morgan fingerprint density at radius 3 is 1.92 bits per heavy atom. The highest BCUT2D eigenvalue weighted by Crippen LogP contribution is 2.13. The lowest BCUT2D eigenvalue weighted by molar-refractivity contribution is -0.873. The summed E-state index contributed by atoms with van der Waals surface area (Å²) in [5.74, 6) is -0.553. The number of allylic oxidation sites excluding steroid dienone is 2. The first-order chi connectivity index (χ1) is 17.8. The van der Waals surface area contributed by atoms with Gasteiger partial charge in [0.2, 0.25) is 0 Å². The number of rotatable bonds is 22. The van der Waals surface area contributed by atoms with Crippen LogP contribution in [0.1, 0.15) is 109 Å². The number of quaternary nitrogens is 1. The first-order valence-corrected chi connectivity index (χ1v) is 14.6. The van der Waals surface area contributed by atoms with Crippen LogP contribution in [0.3, 0.4) is 0 Å². The predicted molar refractivity (Wildman–Crippen MR) is 153 cm³/mol. The van der Waals surface area contributed by atoms with Gasteiger partial charge in [-0.15, -0.1) is 0 Å². The molecule has 0 bridgehead atoms. The van der Waals surface area contributed by atoms with Crippen LogP contribution in [0.2, 0.25) is 0 Å². The number of hydrogen-bond acceptors (Lipinski definition) is 4. The van der Waals surface area contributed by atoms with Crippen LogP contribution in [-0.4, -0.2) is 50.2 Å². The third-order valence-corrected chi connectivity index (χ3v) is 6.33. The molecule has 1 rings (SSSR count). The predicted octanol–water partition coefficient (Wildman–Crippen LogP) is 4.78. The van der Waals surface area contributed by atoms with Gasteiger partial charge in [-0.05, 0) is 37.7 Å². The average Bonchev–Trinajstić information content (AvgIpc) is 2.84. The minimum Gasteiger partial charge on any atom is -1.00 e. The monoisotopic (exact) mass is 551 g/mol. The fourth-order valence-corrected chi connectivity index (χ4v) is 4.32. The van der Waals surface area contributed by atoms with Crippen molar-refractivity contribution in [3.05, 3.63) is 48.0 Å². The van der Waals surface area contributed by atoms with Gasteiger partial charge in [0.05, 0.1) is 27.6 Å². The lowest BCUT2D eigenvalue weighted by atomic mass is 10.1. The molecule has 0 aliphatic rings. The summed E-state index contributed by atoms with van der Waals surface area (Å²) in [5.41, 5.74) is 0.945. The summed E-state index contributed by atoms with van der Waals surface area (Å²) in [6.07, 6.45) is 20.7. The summed E-state index contributed by atoms with van der Waals surface area (Å²) in [7, 11) is 6.08. The van der Waals surface area contributed by atoms with Gasteiger partial charge in [-0.2, -0.15) is 0 Å². The molecule has 0 radical (unpaired) electrons. The summed E-state index contributed by atoms with van der Waals surface area (Å²) < 4.78 is 11.7. The van der Waals surface area contributed by atoms with Gasteiger partial charge >= 0.3 is 11.9 Å². The number of halogens is 1. The Kier molecular flexibility index (Phi) is 22.0. The lowest BCUT2D eigenvalue weighted by Gasteiger charge is -2.28. The summed E-state index contributed by atoms with van der Waals surface area (Å²) in [4.78, 5) is 24.8. The lowest BCUT2D eigenvalue weighted by Crippen LogP contribution is -3.00. The highest BCUT2D eigenvalue weighted by atomic mass is 35.5. The zero-order valence-electron chi connectivity index (χ0n) is 24.6. The van der Waals surface area contributed by atoms with Crippen LogP contribution < -0.4 is 12.4 Å². The highest BCUT2D eigenvalue weighted by molar-refractivity contribution is 5.72. The van der Waals surface area contributed by atoms with E-state index >= 15 is 0 Å². The second-order valence-electron chi connectivity index (χ2n) is 11.3. The molecule has 5 nitrogen and oxygen atoms in total. The number of esters is 2. The van der Waals surface area contributed by atoms with Crippen LogP contribution in [-0.2, 0) is 25.7 Å². The number of likely N-dealkylation sites (N-methyl/N-ethyl adjacent to an activating group) is 1. The van der Waals surface area contributed by atoms with Crippen molar-refractivity contribution in [3.8, 4) is 0 Å². The molecule has 0 unspecified atom stereocenters. The number of carbonyl (C=O) groups excluding carboxylic acids is 2. The van der Waals surface area contributed by atoms with Crippen molar-refractivity contribution >= 4 is 11.9 Å². The smallest absolute Gasteiger partial charge is 0.310 e. The van der Waals surface area contributed by atoms with E-state index in [1.165, 1.54) is 57.8 Å². The Labute approximate surface area is 239 Å². The molecular weight excluding hydrogens is 498 g/mol. The first-order valence-electron chi connectivity index (χ1n) is 14.6. The highest BCUT2D eigenvalue weighted by Gasteiger charge is 2.25. The molecule has 218 valence electrons. The molecule has 0 saturated carbocycles. The first kappa shape index (κ1) is 36.1. The van der Waals surface area contributed by atoms with Crippen LogP contribution >= 0.6 is 0 Å². The molecule has 0 amide bonds. The van der Waals surface area contributed by atoms with Crippen molar-refractivity contribution in [2.75, 3.05) is 27.7 Å². The number of unbranched alkanes of at least 4 members (excludes halogenated alkanes) is 11. The van der Waals surface area contributed by atoms with E-state index in [1.54, 1.807) is 0 Å². The van der Waals surface area contributed by atoms with Crippen molar-refractivity contribution < 1.29 is 36.0 Å². The van der Waals surface area contributed by atoms with Crippen molar-refractivity contribution in [1.29, 1.82) is 0 Å². The van der Waals surface area contributed by atoms with Gasteiger partial charge in [-0.1, -0.05) is 101 Å². The van der Waals surface area contributed by atoms with Gasteiger partial charge < -0.3 is 26.4 Å². The third kappa shape index (κ3) is 22.2. The number of carbonyl (C=O) groups is 2. The summed E-state index contributed by atoms with van der Waals surface area (Å²) in [6, 6.07) is 9.60. The van der Waals surface area contributed by atoms with E-state index in [-0.39, 0.29) is 37.4 Å². The Balaban J connectivity index is 0.0000137. The zero-order valence-corrected chi connectivity index (χ0v) is 25.4. The van der Waals surface area contributed by atoms with E-state index in [1.807, 2.05) is 51.5 Å². The van der Waals surface area contributed by atoms with E-state index in [9.17, 15) is 9.59 Å². The summed E-state index contributed by atoms with van der Waals surface area (Å²) in [5, 5.41) is 0. The zero-order chi connectivity index (χ0) is 27.2. The minimum atomic E-state index is -0.473. The summed E-state index contributed by atoms with van der Waals surface area (Å²) >= 11 is 0. The fourth-order valence-electron chi connectivity index (χ4n) is 4.32. The number of hydrogen-bond donors (Lipinski definition) is 0. The van der Waals surface area contributed by atoms with E-state index in [2.05, 4.69) is 19.1 Å². The second kappa shape index (κ2) is 23.1. The van der Waals surface area contributed by atoms with Crippen molar-refractivity contribution in [3.63, 3.8) is 0 Å². The average molecular weight is 552 g/mol. The molecule has 0 aliphatic carbocycles. The molecular formula is C32H54ClNO4. The number of nitrogens with zero attached hydrogens (tertiary/aromatic N) is 1. The maximum Gasteiger partial charge on any atom is 0.310 e. The van der Waals surface area contributed by atoms with Gasteiger partial charge in [-0.25, -0.2) is 0 Å². The van der Waals surface area contributed by atoms with Crippen LogP contribution in [0.25, 0.3) is 0 Å². The van der Waals surface area contributed by atoms with Crippen LogP contribution in [0.4, 0.5) is 0 Å². The molecule has 1 atom stereocenters. The second-order valence-corrected chi connectivity index (χ2v) is 11.3. The largest absolute Gasteiger partial charge is 1.00 e. The Bertz CT molecular complexity index is 746. The molecule has 0 N–H and O–H groups in total. The van der Waals surface area contributed by atoms with Crippen LogP contribution in [0.5, 0.6) is 0 Å². The van der Waals surface area contributed by atoms with Crippen LogP contribution in [0, 0.1) is 0 Å². The Morgan fingerprint density at radius 2 is 1.34 bits per heavy atom. The molecule has 0 saturated heterocycles. The Hall–Kier alpha value is -1.85. The van der Waals surface area contributed by atoms with Crippen molar-refractivity contribution in [1.82, 2.24) is 0 Å². The Morgan fingerprint density at radius 1 is 0.789 bits per heavy atom. The van der Waals surface area contributed by atoms with Gasteiger partial charge in [0.15, 0.2) is 6.10 Å². The van der Waals surface area contributed by atoms with E-state index < -0.39 is 6.10 Å². The van der Waals surface area contributed by atoms with E-state index in [4.69, 9.17) is 9.47 Å². The molecule has 1 aromatic carbocycles. The van der Waals surface area contributed by atoms with Crippen molar-refractivity contribution in [2.24, 2.45) is 0 Å². The van der Waals surface area contributed by atoms with Gasteiger partial charge in [0, 0.05) is 6.42 Å². The number of ether oxygens (including phenoxy) is 2. The minimum absolute atomic E-state index is 0. The maximum atomic E-state index is 12.4. The molecule has 0 aliphatic heterocycles. The molecule has 6 heteroatoms. The van der Waals surface area contributed by atoms with E-state index in [0.717, 1.165) is 31.2 Å².